The van der Waals surface area contributed by atoms with E-state index in [1.54, 1.807) is 0 Å². The number of carbonyl (C=O) groups excluding carboxylic acids is 2. The minimum atomic E-state index is -6.76. The van der Waals surface area contributed by atoms with E-state index in [1.807, 2.05) is 0 Å². The van der Waals surface area contributed by atoms with Crippen molar-refractivity contribution >= 4 is 32.2 Å². The Labute approximate surface area is 240 Å². The second-order valence-corrected chi connectivity index (χ2v) is 12.2. The number of esters is 2. The Morgan fingerprint density at radius 1 is 0.568 bits per heavy atom. The lowest BCUT2D eigenvalue weighted by molar-refractivity contribution is -0.323. The van der Waals surface area contributed by atoms with Gasteiger partial charge >= 0.3 is 36.5 Å². The van der Waals surface area contributed by atoms with E-state index < -0.39 is 84.7 Å². The van der Waals surface area contributed by atoms with Gasteiger partial charge in [-0.25, -0.2) is 9.59 Å². The van der Waals surface area contributed by atoms with Crippen molar-refractivity contribution in [2.45, 2.75) is 48.3 Å². The standard InChI is InChI=1S/C22H16F10O10S2/c1-12(43(35,36)41-21(29,30)17(19(23,24)25)39-15(33)13-8-4-2-5-9-13)44(37,38)42-22(31,32)18(20(26,27)28)40-16(34)14-10-6-3-7-11-14/h2-12,17-18H,1H3. The zero-order valence-corrected chi connectivity index (χ0v) is 22.8. The molecule has 0 amide bonds. The molecule has 0 bridgehead atoms. The van der Waals surface area contributed by atoms with Crippen LogP contribution in [0.1, 0.15) is 27.6 Å². The number of hydrogen-bond donors (Lipinski definition) is 0. The van der Waals surface area contributed by atoms with E-state index in [0.717, 1.165) is 48.5 Å². The minimum absolute atomic E-state index is 0.298. The molecule has 0 fully saturated rings. The van der Waals surface area contributed by atoms with Crippen molar-refractivity contribution in [3.8, 4) is 0 Å². The summed E-state index contributed by atoms with van der Waals surface area (Å²) in [6.07, 6.45) is -34.5. The van der Waals surface area contributed by atoms with E-state index in [4.69, 9.17) is 0 Å². The molecule has 0 heterocycles. The monoisotopic (exact) mass is 694 g/mol. The fraction of sp³-hybridized carbons (Fsp3) is 0.364. The van der Waals surface area contributed by atoms with Crippen LogP contribution in [0.15, 0.2) is 60.7 Å². The Bertz CT molecular complexity index is 1410. The fourth-order valence-electron chi connectivity index (χ4n) is 2.83. The predicted molar refractivity (Wildman–Crippen MR) is 123 cm³/mol. The number of benzene rings is 2. The van der Waals surface area contributed by atoms with Crippen LogP contribution in [0, 0.1) is 0 Å². The van der Waals surface area contributed by atoms with E-state index >= 15 is 0 Å². The summed E-state index contributed by atoms with van der Waals surface area (Å²) >= 11 is 0. The maximum Gasteiger partial charge on any atom is 0.434 e. The van der Waals surface area contributed by atoms with Gasteiger partial charge in [0.2, 0.25) is 4.58 Å². The molecule has 0 radical (unpaired) electrons. The topological polar surface area (TPSA) is 139 Å². The van der Waals surface area contributed by atoms with Crippen molar-refractivity contribution in [3.05, 3.63) is 71.8 Å². The van der Waals surface area contributed by atoms with Gasteiger partial charge in [0.1, 0.15) is 0 Å². The highest BCUT2D eigenvalue weighted by atomic mass is 32.3. The van der Waals surface area contributed by atoms with Crippen LogP contribution in [0.2, 0.25) is 0 Å². The van der Waals surface area contributed by atoms with Crippen LogP contribution in [-0.2, 0) is 38.1 Å². The molecule has 0 aliphatic heterocycles. The zero-order chi connectivity index (χ0) is 33.9. The summed E-state index contributed by atoms with van der Waals surface area (Å²) in [5.74, 6) is -4.19. The third-order valence-electron chi connectivity index (χ3n) is 4.94. The third-order valence-corrected chi connectivity index (χ3v) is 8.89. The summed E-state index contributed by atoms with van der Waals surface area (Å²) in [5.41, 5.74) is -1.50. The predicted octanol–water partition coefficient (Wildman–Crippen LogP) is 4.79. The second-order valence-electron chi connectivity index (χ2n) is 8.23. The highest BCUT2D eigenvalue weighted by Crippen LogP contribution is 2.40. The molecule has 22 heteroatoms. The molecule has 0 aliphatic carbocycles. The molecule has 2 aromatic rings. The molecule has 2 atom stereocenters. The molecule has 44 heavy (non-hydrogen) atoms. The second kappa shape index (κ2) is 12.9. The van der Waals surface area contributed by atoms with E-state index in [0.29, 0.717) is 0 Å². The molecule has 10 nitrogen and oxygen atoms in total. The maximum absolute atomic E-state index is 14.4. The summed E-state index contributed by atoms with van der Waals surface area (Å²) in [5, 5.41) is 0. The molecule has 246 valence electrons. The van der Waals surface area contributed by atoms with Crippen LogP contribution >= 0.6 is 0 Å². The van der Waals surface area contributed by atoms with Gasteiger partial charge in [-0.2, -0.15) is 69.1 Å². The van der Waals surface area contributed by atoms with Crippen LogP contribution in [-0.4, -0.2) is 70.1 Å². The van der Waals surface area contributed by atoms with Gasteiger partial charge in [0.05, 0.1) is 11.1 Å². The molecular weight excluding hydrogens is 678 g/mol. The van der Waals surface area contributed by atoms with Crippen LogP contribution in [0.25, 0.3) is 0 Å². The van der Waals surface area contributed by atoms with Gasteiger partial charge in [0, 0.05) is 0 Å². The fourth-order valence-corrected chi connectivity index (χ4v) is 5.28. The first-order chi connectivity index (χ1) is 19.8. The van der Waals surface area contributed by atoms with Gasteiger partial charge in [-0.05, 0) is 31.2 Å². The smallest absolute Gasteiger partial charge is 0.434 e. The molecule has 0 saturated carbocycles. The minimum Gasteiger partial charge on any atom is -0.439 e. The molecule has 0 aromatic heterocycles. The Kier molecular flexibility index (Phi) is 10.7. The Hall–Kier alpha value is -3.50. The molecule has 2 rings (SSSR count). The first kappa shape index (κ1) is 36.7. The van der Waals surface area contributed by atoms with Gasteiger partial charge < -0.3 is 9.47 Å². The Balaban J connectivity index is 2.34. The zero-order valence-electron chi connectivity index (χ0n) is 21.2. The van der Waals surface area contributed by atoms with E-state index in [1.165, 1.54) is 12.1 Å². The van der Waals surface area contributed by atoms with Crippen molar-refractivity contribution in [2.75, 3.05) is 0 Å². The average molecular weight is 694 g/mol. The quantitative estimate of drug-likeness (QED) is 0.173. The van der Waals surface area contributed by atoms with E-state index in [-0.39, 0.29) is 6.92 Å². The maximum atomic E-state index is 14.4. The summed E-state index contributed by atoms with van der Waals surface area (Å²) in [4.78, 5) is 23.8. The number of hydrogen-bond acceptors (Lipinski definition) is 10. The van der Waals surface area contributed by atoms with Crippen LogP contribution < -0.4 is 0 Å². The summed E-state index contributed by atoms with van der Waals surface area (Å²) in [7, 11) is -13.5. The first-order valence-electron chi connectivity index (χ1n) is 11.1. The van der Waals surface area contributed by atoms with Crippen molar-refractivity contribution in [2.24, 2.45) is 0 Å². The van der Waals surface area contributed by atoms with Crippen molar-refractivity contribution < 1.29 is 88.2 Å². The molecule has 0 saturated heterocycles. The Morgan fingerprint density at radius 2 is 0.841 bits per heavy atom. The molecule has 0 N–H and O–H groups in total. The van der Waals surface area contributed by atoms with Gasteiger partial charge in [-0.15, -0.1) is 0 Å². The molecule has 2 aromatic carbocycles. The third kappa shape index (κ3) is 9.25. The van der Waals surface area contributed by atoms with Crippen LogP contribution in [0.3, 0.4) is 0 Å². The summed E-state index contributed by atoms with van der Waals surface area (Å²) in [6.45, 7) is -0.298. The van der Waals surface area contributed by atoms with Gasteiger partial charge in [-0.3, -0.25) is 0 Å². The number of halogens is 10. The largest absolute Gasteiger partial charge is 0.439 e. The number of alkyl halides is 10. The van der Waals surface area contributed by atoms with Crippen molar-refractivity contribution in [1.82, 2.24) is 0 Å². The number of rotatable bonds is 12. The van der Waals surface area contributed by atoms with Crippen LogP contribution in [0.4, 0.5) is 43.9 Å². The average Bonchev–Trinajstić information content (AvgIpc) is 2.87. The lowest BCUT2D eigenvalue weighted by Gasteiger charge is -2.29. The van der Waals surface area contributed by atoms with Gasteiger partial charge in [0.15, 0.2) is 0 Å². The molecular formula is C22H16F10O10S2. The highest BCUT2D eigenvalue weighted by Gasteiger charge is 2.65. The lowest BCUT2D eigenvalue weighted by Crippen LogP contribution is -2.53. The van der Waals surface area contributed by atoms with Crippen LogP contribution in [0.5, 0.6) is 0 Å². The van der Waals surface area contributed by atoms with Gasteiger partial charge in [-0.1, -0.05) is 36.4 Å². The van der Waals surface area contributed by atoms with Crippen molar-refractivity contribution in [3.63, 3.8) is 0 Å². The number of ether oxygens (including phenoxy) is 2. The lowest BCUT2D eigenvalue weighted by atomic mass is 10.2. The first-order valence-corrected chi connectivity index (χ1v) is 14.1. The van der Waals surface area contributed by atoms with E-state index in [9.17, 15) is 70.3 Å². The summed E-state index contributed by atoms with van der Waals surface area (Å²) < 4.78 is 196. The Morgan fingerprint density at radius 3 is 1.09 bits per heavy atom. The normalized spacial score (nSPS) is 15.6. The van der Waals surface area contributed by atoms with Crippen molar-refractivity contribution in [1.29, 1.82) is 0 Å². The van der Waals surface area contributed by atoms with Gasteiger partial charge in [0.25, 0.3) is 32.4 Å². The number of carbonyl (C=O) groups is 2. The van der Waals surface area contributed by atoms with E-state index in [2.05, 4.69) is 17.8 Å². The molecule has 0 spiro atoms. The highest BCUT2D eigenvalue weighted by molar-refractivity contribution is 8.04. The SMILES string of the molecule is CC(S(=O)(=O)OC(F)(F)C(OC(=O)c1ccccc1)C(F)(F)F)S(=O)(=O)OC(F)(F)C(OC(=O)c1ccccc1)C(F)(F)F. The summed E-state index contributed by atoms with van der Waals surface area (Å²) in [6, 6.07) is 9.93. The molecule has 2 unspecified atom stereocenters. The molecule has 0 aliphatic rings.